The second-order valence-electron chi connectivity index (χ2n) is 4.64. The summed E-state index contributed by atoms with van der Waals surface area (Å²) >= 11 is 0. The van der Waals surface area contributed by atoms with Crippen molar-refractivity contribution in [2.75, 3.05) is 5.32 Å². The van der Waals surface area contributed by atoms with E-state index in [1.807, 2.05) is 0 Å². The summed E-state index contributed by atoms with van der Waals surface area (Å²) < 4.78 is 22.5. The first-order valence-electron chi connectivity index (χ1n) is 6.16. The topological polar surface area (TPSA) is 102 Å². The maximum Gasteiger partial charge on any atom is 0.274 e. The van der Waals surface area contributed by atoms with Gasteiger partial charge in [0, 0.05) is 11.4 Å². The number of amides is 1. The van der Waals surface area contributed by atoms with Crippen LogP contribution in [0, 0.1) is 13.8 Å². The van der Waals surface area contributed by atoms with Crippen molar-refractivity contribution in [1.29, 1.82) is 0 Å². The van der Waals surface area contributed by atoms with Crippen LogP contribution in [0.3, 0.4) is 0 Å². The highest BCUT2D eigenvalue weighted by Gasteiger charge is 2.12. The lowest BCUT2D eigenvalue weighted by Gasteiger charge is -2.09. The van der Waals surface area contributed by atoms with Crippen LogP contribution in [-0.4, -0.2) is 19.3 Å². The number of carbonyl (C=O) groups excluding carboxylic acids is 1. The van der Waals surface area contributed by atoms with E-state index in [9.17, 15) is 13.2 Å². The van der Waals surface area contributed by atoms with E-state index in [1.165, 1.54) is 18.2 Å². The molecule has 0 saturated heterocycles. The molecule has 0 bridgehead atoms. The molecule has 0 aliphatic carbocycles. The number of nitrogens with zero attached hydrogens (tertiary/aromatic N) is 1. The van der Waals surface area contributed by atoms with Crippen LogP contribution < -0.4 is 10.5 Å². The van der Waals surface area contributed by atoms with E-state index in [0.717, 1.165) is 5.69 Å². The normalized spacial score (nSPS) is 11.2. The van der Waals surface area contributed by atoms with Crippen molar-refractivity contribution in [3.05, 3.63) is 53.3 Å². The molecule has 1 aromatic carbocycles. The average Bonchev–Trinajstić information content (AvgIpc) is 2.39. The van der Waals surface area contributed by atoms with Gasteiger partial charge in [-0.15, -0.1) is 0 Å². The molecule has 3 N–H and O–H groups in total. The van der Waals surface area contributed by atoms with E-state index in [0.29, 0.717) is 16.9 Å². The second-order valence-corrected chi connectivity index (χ2v) is 6.20. The van der Waals surface area contributed by atoms with Gasteiger partial charge in [0.25, 0.3) is 5.91 Å². The highest BCUT2D eigenvalue weighted by Crippen LogP contribution is 2.19. The van der Waals surface area contributed by atoms with Gasteiger partial charge in [0.15, 0.2) is 0 Å². The van der Waals surface area contributed by atoms with Crippen molar-refractivity contribution in [2.24, 2.45) is 5.14 Å². The van der Waals surface area contributed by atoms with Gasteiger partial charge < -0.3 is 5.32 Å². The number of benzene rings is 1. The molecule has 0 saturated carbocycles. The molecule has 2 aromatic rings. The third kappa shape index (κ3) is 3.65. The van der Waals surface area contributed by atoms with Crippen molar-refractivity contribution < 1.29 is 13.2 Å². The van der Waals surface area contributed by atoms with Gasteiger partial charge in [-0.2, -0.15) is 0 Å². The van der Waals surface area contributed by atoms with Crippen LogP contribution in [0.25, 0.3) is 0 Å². The smallest absolute Gasteiger partial charge is 0.274 e. The Morgan fingerprint density at radius 1 is 1.19 bits per heavy atom. The first kappa shape index (κ1) is 15.1. The van der Waals surface area contributed by atoms with Gasteiger partial charge in [-0.1, -0.05) is 6.07 Å². The van der Waals surface area contributed by atoms with Gasteiger partial charge in [-0.3, -0.25) is 4.79 Å². The zero-order chi connectivity index (χ0) is 15.6. The number of nitrogens with one attached hydrogen (secondary N) is 1. The summed E-state index contributed by atoms with van der Waals surface area (Å²) in [6, 6.07) is 9.41. The Bertz CT molecular complexity index is 801. The van der Waals surface area contributed by atoms with Gasteiger partial charge >= 0.3 is 0 Å². The Kier molecular flexibility index (Phi) is 4.06. The van der Waals surface area contributed by atoms with Gasteiger partial charge in [0.05, 0.1) is 4.90 Å². The van der Waals surface area contributed by atoms with E-state index in [4.69, 9.17) is 5.14 Å². The molecule has 2 rings (SSSR count). The number of aryl methyl sites for hydroxylation is 2. The van der Waals surface area contributed by atoms with E-state index in [-0.39, 0.29) is 10.8 Å². The van der Waals surface area contributed by atoms with Crippen LogP contribution in [0.1, 0.15) is 21.7 Å². The lowest BCUT2D eigenvalue weighted by Crippen LogP contribution is -2.16. The van der Waals surface area contributed by atoms with Crippen molar-refractivity contribution in [2.45, 2.75) is 18.7 Å². The molecule has 0 atom stereocenters. The highest BCUT2D eigenvalue weighted by molar-refractivity contribution is 7.89. The molecule has 6 nitrogen and oxygen atoms in total. The van der Waals surface area contributed by atoms with E-state index in [1.54, 1.807) is 32.0 Å². The number of anilines is 1. The van der Waals surface area contributed by atoms with E-state index >= 15 is 0 Å². The average molecular weight is 305 g/mol. The van der Waals surface area contributed by atoms with E-state index in [2.05, 4.69) is 10.3 Å². The minimum Gasteiger partial charge on any atom is -0.320 e. The summed E-state index contributed by atoms with van der Waals surface area (Å²) in [6.07, 6.45) is 0. The second kappa shape index (κ2) is 5.63. The molecule has 0 radical (unpaired) electrons. The molecule has 1 amide bonds. The zero-order valence-corrected chi connectivity index (χ0v) is 12.4. The largest absolute Gasteiger partial charge is 0.320 e. The maximum absolute atomic E-state index is 12.1. The van der Waals surface area contributed by atoms with E-state index < -0.39 is 10.0 Å². The van der Waals surface area contributed by atoms with Crippen molar-refractivity contribution in [1.82, 2.24) is 4.98 Å². The predicted octanol–water partition coefficient (Wildman–Crippen LogP) is 1.60. The summed E-state index contributed by atoms with van der Waals surface area (Å²) in [5.74, 6) is -0.356. The standard InChI is InChI=1S/C14H15N3O3S/c1-9-8-11(21(15,19)20)6-7-12(9)17-14(18)13-5-3-4-10(2)16-13/h3-8H,1-2H3,(H,17,18)(H2,15,19,20). The minimum atomic E-state index is -3.75. The number of pyridine rings is 1. The summed E-state index contributed by atoms with van der Waals surface area (Å²) in [5.41, 5.74) is 2.15. The Labute approximate surface area is 123 Å². The Morgan fingerprint density at radius 2 is 1.90 bits per heavy atom. The first-order valence-corrected chi connectivity index (χ1v) is 7.70. The van der Waals surface area contributed by atoms with Gasteiger partial charge in [-0.05, 0) is 49.7 Å². The molecule has 1 heterocycles. The number of sulfonamides is 1. The van der Waals surface area contributed by atoms with Crippen LogP contribution in [0.2, 0.25) is 0 Å². The summed E-state index contributed by atoms with van der Waals surface area (Å²) in [4.78, 5) is 16.2. The molecule has 0 aliphatic rings. The lowest BCUT2D eigenvalue weighted by atomic mass is 10.2. The number of carbonyl (C=O) groups is 1. The molecule has 21 heavy (non-hydrogen) atoms. The lowest BCUT2D eigenvalue weighted by molar-refractivity contribution is 0.102. The fourth-order valence-electron chi connectivity index (χ4n) is 1.81. The number of hydrogen-bond acceptors (Lipinski definition) is 4. The van der Waals surface area contributed by atoms with Crippen molar-refractivity contribution >= 4 is 21.6 Å². The zero-order valence-electron chi connectivity index (χ0n) is 11.6. The Morgan fingerprint density at radius 3 is 2.48 bits per heavy atom. The SMILES string of the molecule is Cc1cccc(C(=O)Nc2ccc(S(N)(=O)=O)cc2C)n1. The van der Waals surface area contributed by atoms with Gasteiger partial charge in [0.2, 0.25) is 10.0 Å². The number of hydrogen-bond donors (Lipinski definition) is 2. The molecule has 1 aromatic heterocycles. The summed E-state index contributed by atoms with van der Waals surface area (Å²) in [7, 11) is -3.75. The predicted molar refractivity (Wildman–Crippen MR) is 79.5 cm³/mol. The Balaban J connectivity index is 2.26. The molecule has 0 aliphatic heterocycles. The van der Waals surface area contributed by atoms with Crippen molar-refractivity contribution in [3.8, 4) is 0 Å². The quantitative estimate of drug-likeness (QED) is 0.899. The highest BCUT2D eigenvalue weighted by atomic mass is 32.2. The number of nitrogens with two attached hydrogens (primary N) is 1. The molecular formula is C14H15N3O3S. The van der Waals surface area contributed by atoms with Crippen molar-refractivity contribution in [3.63, 3.8) is 0 Å². The molecule has 7 heteroatoms. The molecule has 0 fully saturated rings. The number of aromatic nitrogens is 1. The van der Waals surface area contributed by atoms with Gasteiger partial charge in [-0.25, -0.2) is 18.5 Å². The minimum absolute atomic E-state index is 0.00618. The van der Waals surface area contributed by atoms with Crippen LogP contribution in [0.4, 0.5) is 5.69 Å². The van der Waals surface area contributed by atoms with Crippen LogP contribution in [-0.2, 0) is 10.0 Å². The first-order chi connectivity index (χ1) is 9.77. The molecule has 110 valence electrons. The van der Waals surface area contributed by atoms with Gasteiger partial charge in [0.1, 0.15) is 5.69 Å². The maximum atomic E-state index is 12.1. The molecule has 0 spiro atoms. The van der Waals surface area contributed by atoms with Crippen LogP contribution in [0.15, 0.2) is 41.3 Å². The molecule has 0 unspecified atom stereocenters. The number of primary sulfonamides is 1. The third-order valence-corrected chi connectivity index (χ3v) is 3.81. The van der Waals surface area contributed by atoms with Crippen LogP contribution in [0.5, 0.6) is 0 Å². The fraction of sp³-hybridized carbons (Fsp3) is 0.143. The Hall–Kier alpha value is -2.25. The summed E-state index contributed by atoms with van der Waals surface area (Å²) in [6.45, 7) is 3.48. The number of rotatable bonds is 3. The monoisotopic (exact) mass is 305 g/mol. The fourth-order valence-corrected chi connectivity index (χ4v) is 2.41. The summed E-state index contributed by atoms with van der Waals surface area (Å²) in [5, 5.41) is 7.75. The van der Waals surface area contributed by atoms with Crippen LogP contribution >= 0.6 is 0 Å². The third-order valence-electron chi connectivity index (χ3n) is 2.90. The molecular weight excluding hydrogens is 290 g/mol.